The number of rotatable bonds is 20. The minimum Gasteiger partial charge on any atom is -0.508 e. The van der Waals surface area contributed by atoms with Gasteiger partial charge in [-0.25, -0.2) is 0 Å². The fourth-order valence-electron chi connectivity index (χ4n) is 8.35. The summed E-state index contributed by atoms with van der Waals surface area (Å²) in [7, 11) is 0. The maximum absolute atomic E-state index is 14.4. The van der Waals surface area contributed by atoms with Crippen molar-refractivity contribution in [3.63, 3.8) is 0 Å². The van der Waals surface area contributed by atoms with Crippen molar-refractivity contribution in [2.45, 2.75) is 94.0 Å². The third-order valence-corrected chi connectivity index (χ3v) is 11.8. The van der Waals surface area contributed by atoms with Crippen LogP contribution in [0.4, 0.5) is 0 Å². The van der Waals surface area contributed by atoms with Crippen LogP contribution in [-0.2, 0) is 54.5 Å². The molecular weight excluding hydrogens is 803 g/mol. The van der Waals surface area contributed by atoms with Crippen molar-refractivity contribution < 1.29 is 39.0 Å². The number of likely N-dealkylation sites (tertiary alicyclic amines) is 2. The summed E-state index contributed by atoms with van der Waals surface area (Å²) in [6.45, 7) is 0.702. The molecule has 2 heterocycles. The Morgan fingerprint density at radius 1 is 0.571 bits per heavy atom. The molecule has 0 aliphatic carbocycles. The SMILES string of the molecule is NC(=O)[C@H](Cc1ccccc1)NC(=O)[C@@H]1CCCN1C(=O)[C@H](Cc1ccc(O)cc1)NCCC(=O)[C@H](Cc1ccccc1)NC(=O)[C@@H]1CCCN1C(=O)[C@@H](N)Cc1ccc(O)cc1. The molecule has 4 aromatic carbocycles. The molecule has 2 saturated heterocycles. The molecule has 5 amide bonds. The highest BCUT2D eigenvalue weighted by Gasteiger charge is 2.40. The van der Waals surface area contributed by atoms with Gasteiger partial charge in [0.15, 0.2) is 5.78 Å². The van der Waals surface area contributed by atoms with Gasteiger partial charge in [0.2, 0.25) is 29.5 Å². The Bertz CT molecular complexity index is 2190. The number of carbonyl (C=O) groups is 6. The summed E-state index contributed by atoms with van der Waals surface area (Å²) in [5, 5.41) is 28.5. The third-order valence-electron chi connectivity index (χ3n) is 11.8. The van der Waals surface area contributed by atoms with Crippen LogP contribution in [0, 0.1) is 0 Å². The van der Waals surface area contributed by atoms with Crippen molar-refractivity contribution in [1.29, 1.82) is 0 Å². The molecule has 9 N–H and O–H groups in total. The zero-order valence-corrected chi connectivity index (χ0v) is 35.2. The minimum absolute atomic E-state index is 0.0557. The van der Waals surface area contributed by atoms with E-state index < -0.39 is 54.0 Å². The number of nitrogens with one attached hydrogen (secondary N) is 3. The van der Waals surface area contributed by atoms with Crippen LogP contribution in [0.1, 0.15) is 54.4 Å². The van der Waals surface area contributed by atoms with Gasteiger partial charge in [-0.15, -0.1) is 0 Å². The van der Waals surface area contributed by atoms with Crippen LogP contribution in [0.5, 0.6) is 11.5 Å². The lowest BCUT2D eigenvalue weighted by Gasteiger charge is -2.30. The first-order valence-corrected chi connectivity index (χ1v) is 21.5. The molecule has 0 unspecified atom stereocenters. The maximum Gasteiger partial charge on any atom is 0.243 e. The van der Waals surface area contributed by atoms with Crippen molar-refractivity contribution in [1.82, 2.24) is 25.8 Å². The molecule has 0 aromatic heterocycles. The molecule has 63 heavy (non-hydrogen) atoms. The summed E-state index contributed by atoms with van der Waals surface area (Å²) >= 11 is 0. The first kappa shape index (κ1) is 45.9. The summed E-state index contributed by atoms with van der Waals surface area (Å²) in [6, 6.07) is 25.9. The van der Waals surface area contributed by atoms with Crippen LogP contribution in [-0.4, -0.2) is 111 Å². The molecule has 2 aliphatic rings. The highest BCUT2D eigenvalue weighted by molar-refractivity contribution is 5.95. The second-order valence-electron chi connectivity index (χ2n) is 16.4. The van der Waals surface area contributed by atoms with Gasteiger partial charge in [0.1, 0.15) is 29.6 Å². The van der Waals surface area contributed by atoms with Gasteiger partial charge in [0.05, 0.1) is 18.1 Å². The van der Waals surface area contributed by atoms with E-state index in [2.05, 4.69) is 16.0 Å². The average Bonchev–Trinajstić information content (AvgIpc) is 3.99. The van der Waals surface area contributed by atoms with E-state index in [1.807, 2.05) is 60.7 Å². The molecule has 6 atom stereocenters. The molecule has 15 nitrogen and oxygen atoms in total. The normalized spacial score (nSPS) is 17.9. The quantitative estimate of drug-likeness (QED) is 0.0683. The number of phenolic OH excluding ortho intramolecular Hbond substituents is 2. The number of benzene rings is 4. The second-order valence-corrected chi connectivity index (χ2v) is 16.4. The minimum atomic E-state index is -0.981. The van der Waals surface area contributed by atoms with E-state index in [0.29, 0.717) is 38.8 Å². The molecular formula is C48H57N7O8. The van der Waals surface area contributed by atoms with E-state index in [0.717, 1.165) is 22.3 Å². The molecule has 2 aliphatic heterocycles. The summed E-state index contributed by atoms with van der Waals surface area (Å²) in [4.78, 5) is 85.1. The van der Waals surface area contributed by atoms with Crippen molar-refractivity contribution in [2.75, 3.05) is 19.6 Å². The molecule has 4 aromatic rings. The van der Waals surface area contributed by atoms with Crippen LogP contribution in [0.25, 0.3) is 0 Å². The first-order valence-electron chi connectivity index (χ1n) is 21.5. The lowest BCUT2D eigenvalue weighted by Crippen LogP contribution is -2.56. The van der Waals surface area contributed by atoms with Crippen LogP contribution < -0.4 is 27.4 Å². The second kappa shape index (κ2) is 22.0. The van der Waals surface area contributed by atoms with Crippen molar-refractivity contribution >= 4 is 35.3 Å². The van der Waals surface area contributed by atoms with E-state index >= 15 is 0 Å². The summed E-state index contributed by atoms with van der Waals surface area (Å²) in [5.74, 6) is -2.51. The van der Waals surface area contributed by atoms with Crippen LogP contribution in [0.15, 0.2) is 109 Å². The van der Waals surface area contributed by atoms with E-state index in [1.54, 1.807) is 24.3 Å². The van der Waals surface area contributed by atoms with E-state index in [9.17, 15) is 39.0 Å². The number of hydrogen-bond acceptors (Lipinski definition) is 10. The standard InChI is InChI=1S/C48H57N7O8/c49-37(27-33-15-19-35(56)20-16-33)47(62)54-25-7-13-41(54)45(60)52-38(28-31-9-3-1-4-10-31)43(58)23-24-51-40(30-34-17-21-36(57)22-18-34)48(63)55-26-8-14-42(55)46(61)53-39(44(50)59)29-32-11-5-2-6-12-32/h1-6,9-12,15-22,37-42,51,56-57H,7-8,13-14,23-30,49H2,(H2,50,59)(H,52,60)(H,53,61)/t37-,38-,39-,40-,41-,42-/m0/s1. The molecule has 0 spiro atoms. The van der Waals surface area contributed by atoms with Gasteiger partial charge >= 0.3 is 0 Å². The van der Waals surface area contributed by atoms with Crippen molar-refractivity contribution in [3.05, 3.63) is 131 Å². The van der Waals surface area contributed by atoms with Crippen LogP contribution in [0.2, 0.25) is 0 Å². The number of nitrogens with zero attached hydrogens (tertiary/aromatic N) is 2. The van der Waals surface area contributed by atoms with Gasteiger partial charge in [-0.3, -0.25) is 28.8 Å². The van der Waals surface area contributed by atoms with E-state index in [4.69, 9.17) is 11.5 Å². The summed E-state index contributed by atoms with van der Waals surface area (Å²) in [5.41, 5.74) is 15.2. The Hall–Kier alpha value is -6.58. The number of phenols is 2. The zero-order valence-electron chi connectivity index (χ0n) is 35.2. The molecule has 0 radical (unpaired) electrons. The number of hydrogen-bond donors (Lipinski definition) is 7. The largest absolute Gasteiger partial charge is 0.508 e. The highest BCUT2D eigenvalue weighted by Crippen LogP contribution is 2.23. The smallest absolute Gasteiger partial charge is 0.243 e. The number of nitrogens with two attached hydrogens (primary N) is 2. The monoisotopic (exact) mass is 859 g/mol. The number of primary amides is 1. The Balaban J connectivity index is 1.12. The molecule has 2 fully saturated rings. The summed E-state index contributed by atoms with van der Waals surface area (Å²) in [6.07, 6.45) is 2.67. The average molecular weight is 860 g/mol. The zero-order chi connectivity index (χ0) is 44.9. The predicted octanol–water partition coefficient (Wildman–Crippen LogP) is 2.05. The Morgan fingerprint density at radius 2 is 1.00 bits per heavy atom. The van der Waals surface area contributed by atoms with Gasteiger partial charge < -0.3 is 47.4 Å². The van der Waals surface area contributed by atoms with Gasteiger partial charge in [-0.05, 0) is 91.5 Å². The van der Waals surface area contributed by atoms with E-state index in [-0.39, 0.29) is 67.7 Å². The fourth-order valence-corrected chi connectivity index (χ4v) is 8.35. The third kappa shape index (κ3) is 12.7. The van der Waals surface area contributed by atoms with Gasteiger partial charge in [0, 0.05) is 32.5 Å². The lowest BCUT2D eigenvalue weighted by atomic mass is 9.99. The first-order chi connectivity index (χ1) is 30.4. The van der Waals surface area contributed by atoms with Gasteiger partial charge in [0.25, 0.3) is 0 Å². The van der Waals surface area contributed by atoms with Crippen LogP contribution in [0.3, 0.4) is 0 Å². The van der Waals surface area contributed by atoms with Crippen molar-refractivity contribution in [2.24, 2.45) is 11.5 Å². The fraction of sp³-hybridized carbons (Fsp3) is 0.375. The predicted molar refractivity (Wildman–Crippen MR) is 236 cm³/mol. The van der Waals surface area contributed by atoms with E-state index in [1.165, 1.54) is 34.1 Å². The highest BCUT2D eigenvalue weighted by atomic mass is 16.3. The number of Topliss-reactive ketones (excluding diaryl/α,β-unsaturated/α-hetero) is 1. The Morgan fingerprint density at radius 3 is 1.51 bits per heavy atom. The molecule has 6 rings (SSSR count). The van der Waals surface area contributed by atoms with Gasteiger partial charge in [-0.1, -0.05) is 84.9 Å². The molecule has 0 bridgehead atoms. The Labute approximate surface area is 367 Å². The topological polar surface area (TPSA) is 237 Å². The van der Waals surface area contributed by atoms with Gasteiger partial charge in [-0.2, -0.15) is 0 Å². The lowest BCUT2D eigenvalue weighted by molar-refractivity contribution is -0.141. The maximum atomic E-state index is 14.4. The molecule has 332 valence electrons. The van der Waals surface area contributed by atoms with Crippen LogP contribution >= 0.6 is 0 Å². The summed E-state index contributed by atoms with van der Waals surface area (Å²) < 4.78 is 0. The Kier molecular flexibility index (Phi) is 16.0. The van der Waals surface area contributed by atoms with Crippen molar-refractivity contribution in [3.8, 4) is 11.5 Å². The number of aromatic hydroxyl groups is 2. The number of amides is 5. The number of carbonyl (C=O) groups excluding carboxylic acids is 6. The molecule has 15 heteroatoms. The molecule has 0 saturated carbocycles. The number of ketones is 1.